The number of rotatable bonds is 37. The quantitative estimate of drug-likeness (QED) is 0.0282. The minimum Gasteiger partial charge on any atom is -0.756 e. The molecule has 1 amide bonds. The summed E-state index contributed by atoms with van der Waals surface area (Å²) >= 11 is 0. The molecule has 308 valence electrons. The highest BCUT2D eigenvalue weighted by molar-refractivity contribution is 7.45. The van der Waals surface area contributed by atoms with E-state index >= 15 is 0 Å². The van der Waals surface area contributed by atoms with E-state index in [-0.39, 0.29) is 18.9 Å². The lowest BCUT2D eigenvalue weighted by Gasteiger charge is -2.29. The van der Waals surface area contributed by atoms with Crippen LogP contribution in [0, 0.1) is 0 Å². The lowest BCUT2D eigenvalue weighted by molar-refractivity contribution is -0.870. The number of aliphatic hydroxyl groups excluding tert-OH is 1. The first-order valence-electron chi connectivity index (χ1n) is 21.2. The van der Waals surface area contributed by atoms with Gasteiger partial charge < -0.3 is 28.8 Å². The standard InChI is InChI=1S/C44H81N2O6P/c1-6-8-10-12-14-16-18-20-21-22-23-24-26-27-29-31-33-35-37-43(47)42(41-52-53(49,50)51-40-39-46(3,4)5)45-44(48)38-36-34-32-30-28-25-19-17-15-13-11-9-7-2/h9,11,15,17,25,28,32,34-35,37,42-43,47H,6-8,10,12-14,16,18-24,26-27,29-31,33,36,38-41H2,1-5H3,(H-,45,48,49,50)/b11-9-,17-15-,28-25-,34-32-,37-35+. The Hall–Kier alpha value is -1.80. The predicted molar refractivity (Wildman–Crippen MR) is 224 cm³/mol. The zero-order chi connectivity index (χ0) is 39.3. The van der Waals surface area contributed by atoms with Gasteiger partial charge in [0.25, 0.3) is 7.82 Å². The summed E-state index contributed by atoms with van der Waals surface area (Å²) in [5.41, 5.74) is 0. The highest BCUT2D eigenvalue weighted by Gasteiger charge is 2.23. The molecule has 0 spiro atoms. The Balaban J connectivity index is 4.55. The maximum Gasteiger partial charge on any atom is 0.268 e. The van der Waals surface area contributed by atoms with Crippen molar-refractivity contribution in [2.24, 2.45) is 0 Å². The van der Waals surface area contributed by atoms with E-state index in [1.54, 1.807) is 6.08 Å². The number of aliphatic hydroxyl groups is 1. The van der Waals surface area contributed by atoms with Crippen LogP contribution in [0.1, 0.15) is 162 Å². The molecule has 0 saturated carbocycles. The van der Waals surface area contributed by atoms with Gasteiger partial charge in [-0.05, 0) is 44.9 Å². The molecule has 0 aliphatic heterocycles. The van der Waals surface area contributed by atoms with E-state index in [9.17, 15) is 19.4 Å². The molecule has 0 heterocycles. The Morgan fingerprint density at radius 3 is 1.64 bits per heavy atom. The molecule has 0 aliphatic carbocycles. The zero-order valence-electron chi connectivity index (χ0n) is 34.7. The minimum absolute atomic E-state index is 0.0159. The molecule has 0 aliphatic rings. The Kier molecular flexibility index (Phi) is 34.7. The summed E-state index contributed by atoms with van der Waals surface area (Å²) in [5.74, 6) is -0.280. The number of unbranched alkanes of at least 4 members (excludes halogenated alkanes) is 16. The molecule has 0 aromatic heterocycles. The second-order valence-corrected chi connectivity index (χ2v) is 16.7. The van der Waals surface area contributed by atoms with Crippen molar-refractivity contribution in [3.63, 3.8) is 0 Å². The topological polar surface area (TPSA) is 108 Å². The molecule has 0 aromatic carbocycles. The number of amides is 1. The van der Waals surface area contributed by atoms with E-state index in [0.717, 1.165) is 44.9 Å². The van der Waals surface area contributed by atoms with E-state index in [4.69, 9.17) is 9.05 Å². The third-order valence-corrected chi connectivity index (χ3v) is 9.96. The lowest BCUT2D eigenvalue weighted by atomic mass is 10.0. The number of hydrogen-bond acceptors (Lipinski definition) is 6. The van der Waals surface area contributed by atoms with Gasteiger partial charge in [0.05, 0.1) is 39.9 Å². The summed E-state index contributed by atoms with van der Waals surface area (Å²) in [6.45, 7) is 4.45. The van der Waals surface area contributed by atoms with Crippen LogP contribution >= 0.6 is 7.82 Å². The summed E-state index contributed by atoms with van der Waals surface area (Å²) in [5, 5.41) is 13.7. The molecule has 2 N–H and O–H groups in total. The Bertz CT molecular complexity index is 1050. The van der Waals surface area contributed by atoms with E-state index in [2.05, 4.69) is 55.6 Å². The average molecular weight is 765 g/mol. The van der Waals surface area contributed by atoms with Gasteiger partial charge in [-0.1, -0.05) is 171 Å². The number of nitrogens with one attached hydrogen (secondary N) is 1. The van der Waals surface area contributed by atoms with Gasteiger partial charge in [-0.2, -0.15) is 0 Å². The van der Waals surface area contributed by atoms with Crippen LogP contribution in [0.3, 0.4) is 0 Å². The van der Waals surface area contributed by atoms with Crippen molar-refractivity contribution in [2.45, 2.75) is 174 Å². The molecule has 8 nitrogen and oxygen atoms in total. The van der Waals surface area contributed by atoms with E-state index in [1.807, 2.05) is 39.4 Å². The van der Waals surface area contributed by atoms with Crippen LogP contribution in [0.15, 0.2) is 60.8 Å². The maximum atomic E-state index is 12.8. The van der Waals surface area contributed by atoms with Crippen LogP contribution in [0.25, 0.3) is 0 Å². The first-order chi connectivity index (χ1) is 25.5. The van der Waals surface area contributed by atoms with Gasteiger partial charge in [-0.3, -0.25) is 9.36 Å². The first-order valence-corrected chi connectivity index (χ1v) is 22.6. The molecular weight excluding hydrogens is 683 g/mol. The molecule has 3 unspecified atom stereocenters. The van der Waals surface area contributed by atoms with Crippen LogP contribution in [0.5, 0.6) is 0 Å². The summed E-state index contributed by atoms with van der Waals surface area (Å²) in [4.78, 5) is 25.2. The fourth-order valence-corrected chi connectivity index (χ4v) is 6.35. The highest BCUT2D eigenvalue weighted by atomic mass is 31.2. The zero-order valence-corrected chi connectivity index (χ0v) is 35.6. The number of allylic oxidation sites excluding steroid dienone is 9. The monoisotopic (exact) mass is 765 g/mol. The second-order valence-electron chi connectivity index (χ2n) is 15.3. The Morgan fingerprint density at radius 2 is 1.15 bits per heavy atom. The molecule has 0 saturated heterocycles. The molecular formula is C44H81N2O6P. The summed E-state index contributed by atoms with van der Waals surface area (Å²) < 4.78 is 23.1. The van der Waals surface area contributed by atoms with Crippen LogP contribution < -0.4 is 10.2 Å². The fraction of sp³-hybridized carbons (Fsp3) is 0.750. The number of nitrogens with zero attached hydrogens (tertiary/aromatic N) is 1. The van der Waals surface area contributed by atoms with Gasteiger partial charge in [0.1, 0.15) is 13.2 Å². The van der Waals surface area contributed by atoms with Gasteiger partial charge in [0.2, 0.25) is 5.91 Å². The van der Waals surface area contributed by atoms with Crippen molar-refractivity contribution in [3.8, 4) is 0 Å². The normalized spacial score (nSPS) is 15.1. The van der Waals surface area contributed by atoms with Crippen LogP contribution in [-0.4, -0.2) is 68.5 Å². The molecule has 0 fully saturated rings. The SMILES string of the molecule is CC/C=C\C/C=C\C/C=C\C/C=C\CCC(=O)NC(COP(=O)([O-])OCC[N+](C)(C)C)C(O)/C=C/CCCCCCCCCCCCCCCCCC. The molecule has 53 heavy (non-hydrogen) atoms. The smallest absolute Gasteiger partial charge is 0.268 e. The number of quaternary nitrogens is 1. The number of carbonyl (C=O) groups excluding carboxylic acids is 1. The van der Waals surface area contributed by atoms with Gasteiger partial charge in [-0.15, -0.1) is 0 Å². The molecule has 0 bridgehead atoms. The Labute approximate surface area is 326 Å². The van der Waals surface area contributed by atoms with Crippen molar-refractivity contribution in [3.05, 3.63) is 60.8 Å². The van der Waals surface area contributed by atoms with Crippen LogP contribution in [-0.2, 0) is 18.4 Å². The van der Waals surface area contributed by atoms with Crippen molar-refractivity contribution >= 4 is 13.7 Å². The van der Waals surface area contributed by atoms with Crippen molar-refractivity contribution in [1.82, 2.24) is 5.32 Å². The number of carbonyl (C=O) groups is 1. The van der Waals surface area contributed by atoms with E-state index in [1.165, 1.54) is 89.9 Å². The predicted octanol–water partition coefficient (Wildman–Crippen LogP) is 10.8. The number of likely N-dealkylation sites (N-methyl/N-ethyl adjacent to an activating group) is 1. The summed E-state index contributed by atoms with van der Waals surface area (Å²) in [7, 11) is 1.21. The Morgan fingerprint density at radius 1 is 0.679 bits per heavy atom. The van der Waals surface area contributed by atoms with Gasteiger partial charge in [0, 0.05) is 6.42 Å². The van der Waals surface area contributed by atoms with Crippen molar-refractivity contribution in [2.75, 3.05) is 40.9 Å². The number of phosphoric ester groups is 1. The summed E-state index contributed by atoms with van der Waals surface area (Å²) in [6, 6.07) is -0.925. The lowest BCUT2D eigenvalue weighted by Crippen LogP contribution is -2.45. The molecule has 3 atom stereocenters. The third-order valence-electron chi connectivity index (χ3n) is 9.00. The minimum atomic E-state index is -4.60. The molecule has 0 aromatic rings. The average Bonchev–Trinajstić information content (AvgIpc) is 3.10. The van der Waals surface area contributed by atoms with Crippen molar-refractivity contribution < 1.29 is 32.9 Å². The fourth-order valence-electron chi connectivity index (χ4n) is 5.63. The molecule has 0 rings (SSSR count). The molecule has 9 heteroatoms. The highest BCUT2D eigenvalue weighted by Crippen LogP contribution is 2.38. The van der Waals surface area contributed by atoms with E-state index < -0.39 is 26.6 Å². The van der Waals surface area contributed by atoms with Crippen LogP contribution in [0.2, 0.25) is 0 Å². The van der Waals surface area contributed by atoms with Gasteiger partial charge >= 0.3 is 0 Å². The number of phosphoric acid groups is 1. The van der Waals surface area contributed by atoms with Gasteiger partial charge in [-0.25, -0.2) is 0 Å². The third kappa shape index (κ3) is 38.3. The number of hydrogen-bond donors (Lipinski definition) is 2. The second kappa shape index (κ2) is 35.9. The molecule has 0 radical (unpaired) electrons. The largest absolute Gasteiger partial charge is 0.756 e. The first kappa shape index (κ1) is 51.2. The van der Waals surface area contributed by atoms with Crippen LogP contribution in [0.4, 0.5) is 0 Å². The van der Waals surface area contributed by atoms with E-state index in [0.29, 0.717) is 17.4 Å². The van der Waals surface area contributed by atoms with Crippen molar-refractivity contribution in [1.29, 1.82) is 0 Å². The summed E-state index contributed by atoms with van der Waals surface area (Å²) in [6.07, 6.45) is 45.7. The maximum absolute atomic E-state index is 12.8. The van der Waals surface area contributed by atoms with Gasteiger partial charge in [0.15, 0.2) is 0 Å².